The summed E-state index contributed by atoms with van der Waals surface area (Å²) in [5.41, 5.74) is 7.45. The summed E-state index contributed by atoms with van der Waals surface area (Å²) in [6, 6.07) is 7.20. The van der Waals surface area contributed by atoms with Gasteiger partial charge in [0, 0.05) is 30.4 Å². The van der Waals surface area contributed by atoms with Crippen molar-refractivity contribution < 1.29 is 0 Å². The van der Waals surface area contributed by atoms with Crippen LogP contribution in [0.5, 0.6) is 0 Å². The number of nitrogens with zero attached hydrogens (tertiary/aromatic N) is 4. The molecule has 0 bridgehead atoms. The zero-order valence-corrected chi connectivity index (χ0v) is 20.3. The number of rotatable bonds is 4. The van der Waals surface area contributed by atoms with E-state index in [4.69, 9.17) is 0 Å². The molecule has 0 aliphatic heterocycles. The highest BCUT2D eigenvalue weighted by molar-refractivity contribution is 5.84. The number of H-pyrrole nitrogens is 1. The number of hydrogen-bond acceptors (Lipinski definition) is 4. The fourth-order valence-corrected chi connectivity index (χ4v) is 5.18. The Morgan fingerprint density at radius 1 is 1.09 bits per heavy atom. The summed E-state index contributed by atoms with van der Waals surface area (Å²) in [6.45, 7) is 12.0. The number of aromatic nitrogens is 5. The van der Waals surface area contributed by atoms with Gasteiger partial charge in [0.25, 0.3) is 0 Å². The first-order valence-electron chi connectivity index (χ1n) is 12.0. The lowest BCUT2D eigenvalue weighted by Gasteiger charge is -2.32. The summed E-state index contributed by atoms with van der Waals surface area (Å²) >= 11 is 0. The van der Waals surface area contributed by atoms with Gasteiger partial charge in [-0.25, -0.2) is 14.3 Å². The molecule has 1 aliphatic carbocycles. The third-order valence-electron chi connectivity index (χ3n) is 6.92. The van der Waals surface area contributed by atoms with Gasteiger partial charge in [-0.15, -0.1) is 0 Å². The quantitative estimate of drug-likeness (QED) is 0.473. The first-order chi connectivity index (χ1) is 15.7. The predicted octanol–water partition coefficient (Wildman–Crippen LogP) is 4.78. The van der Waals surface area contributed by atoms with Gasteiger partial charge in [0.2, 0.25) is 0 Å². The lowest BCUT2D eigenvalue weighted by Crippen LogP contribution is -2.39. The standard InChI is InChI=1S/C26H34N6O/c1-16-11-23-22(12-21(16)18-10-17(2)24-28-15-29-31(24)13-18)30-25(33)32(23)20-8-6-19(7-9-20)27-14-26(3,4)5/h10-13,15,19-20,27H,6-9,14H2,1-5H3,(H,30,33). The summed E-state index contributed by atoms with van der Waals surface area (Å²) in [5, 5.41) is 8.03. The van der Waals surface area contributed by atoms with E-state index in [-0.39, 0.29) is 17.1 Å². The molecule has 1 aliphatic rings. The molecule has 2 N–H and O–H groups in total. The van der Waals surface area contributed by atoms with Crippen molar-refractivity contribution in [1.82, 2.24) is 29.5 Å². The molecule has 5 rings (SSSR count). The van der Waals surface area contributed by atoms with Gasteiger partial charge < -0.3 is 10.3 Å². The number of aromatic amines is 1. The van der Waals surface area contributed by atoms with Crippen molar-refractivity contribution in [2.24, 2.45) is 5.41 Å². The Labute approximate surface area is 194 Å². The molecular weight excluding hydrogens is 412 g/mol. The van der Waals surface area contributed by atoms with E-state index in [2.05, 4.69) is 66.3 Å². The van der Waals surface area contributed by atoms with Gasteiger partial charge in [-0.2, -0.15) is 5.10 Å². The molecule has 1 saturated carbocycles. The van der Waals surface area contributed by atoms with E-state index in [9.17, 15) is 4.79 Å². The van der Waals surface area contributed by atoms with E-state index < -0.39 is 0 Å². The third kappa shape index (κ3) is 4.22. The SMILES string of the molecule is Cc1cc2c(cc1-c1cc(C)c3ncnn3c1)[nH]c(=O)n2C1CCC(NCC(C)(C)C)CC1. The average molecular weight is 447 g/mol. The van der Waals surface area contributed by atoms with Crippen molar-refractivity contribution in [3.8, 4) is 11.1 Å². The highest BCUT2D eigenvalue weighted by atomic mass is 16.1. The van der Waals surface area contributed by atoms with E-state index >= 15 is 0 Å². The van der Waals surface area contributed by atoms with Crippen LogP contribution in [0.1, 0.15) is 63.6 Å². The average Bonchev–Trinajstić information content (AvgIpc) is 3.35. The second-order valence-electron chi connectivity index (χ2n) is 10.9. The van der Waals surface area contributed by atoms with Crippen LogP contribution in [0.15, 0.2) is 35.5 Å². The van der Waals surface area contributed by atoms with Gasteiger partial charge in [-0.05, 0) is 79.8 Å². The highest BCUT2D eigenvalue weighted by Gasteiger charge is 2.26. The van der Waals surface area contributed by atoms with Gasteiger partial charge in [-0.1, -0.05) is 20.8 Å². The smallest absolute Gasteiger partial charge is 0.313 e. The highest BCUT2D eigenvalue weighted by Crippen LogP contribution is 2.33. The number of aryl methyl sites for hydroxylation is 2. The molecule has 7 nitrogen and oxygen atoms in total. The van der Waals surface area contributed by atoms with Crippen LogP contribution in [0.2, 0.25) is 0 Å². The molecule has 0 saturated heterocycles. The molecule has 0 unspecified atom stereocenters. The van der Waals surface area contributed by atoms with Crippen molar-refractivity contribution in [3.63, 3.8) is 0 Å². The van der Waals surface area contributed by atoms with Crippen LogP contribution in [0, 0.1) is 19.3 Å². The minimum atomic E-state index is -0.00411. The molecule has 7 heteroatoms. The van der Waals surface area contributed by atoms with Gasteiger partial charge in [0.1, 0.15) is 6.33 Å². The first-order valence-corrected chi connectivity index (χ1v) is 12.0. The summed E-state index contributed by atoms with van der Waals surface area (Å²) in [6.07, 6.45) is 7.84. The minimum Gasteiger partial charge on any atom is -0.313 e. The molecular formula is C26H34N6O. The Kier molecular flexibility index (Phi) is 5.40. The number of fused-ring (bicyclic) bond motifs is 2. The molecule has 0 radical (unpaired) electrons. The molecule has 1 aromatic carbocycles. The van der Waals surface area contributed by atoms with Crippen LogP contribution >= 0.6 is 0 Å². The summed E-state index contributed by atoms with van der Waals surface area (Å²) in [5.74, 6) is 0. The van der Waals surface area contributed by atoms with Crippen LogP contribution in [0.3, 0.4) is 0 Å². The maximum absolute atomic E-state index is 13.0. The monoisotopic (exact) mass is 446 g/mol. The maximum atomic E-state index is 13.0. The van der Waals surface area contributed by atoms with E-state index in [0.29, 0.717) is 6.04 Å². The van der Waals surface area contributed by atoms with Crippen molar-refractivity contribution in [2.45, 2.75) is 72.4 Å². The van der Waals surface area contributed by atoms with E-state index in [0.717, 1.165) is 71.2 Å². The Morgan fingerprint density at radius 2 is 1.85 bits per heavy atom. The Balaban J connectivity index is 1.43. The van der Waals surface area contributed by atoms with Crippen LogP contribution in [-0.4, -0.2) is 36.7 Å². The fourth-order valence-electron chi connectivity index (χ4n) is 5.18. The summed E-state index contributed by atoms with van der Waals surface area (Å²) < 4.78 is 3.81. The second kappa shape index (κ2) is 8.13. The van der Waals surface area contributed by atoms with Crippen molar-refractivity contribution in [3.05, 3.63) is 52.3 Å². The molecule has 0 amide bonds. The fraction of sp³-hybridized carbons (Fsp3) is 0.500. The number of nitrogens with one attached hydrogen (secondary N) is 2. The van der Waals surface area contributed by atoms with Crippen molar-refractivity contribution >= 4 is 16.7 Å². The maximum Gasteiger partial charge on any atom is 0.326 e. The number of hydrogen-bond donors (Lipinski definition) is 2. The Bertz CT molecular complexity index is 1360. The second-order valence-corrected chi connectivity index (χ2v) is 10.9. The summed E-state index contributed by atoms with van der Waals surface area (Å²) in [4.78, 5) is 20.4. The molecule has 3 heterocycles. The minimum absolute atomic E-state index is 0.00411. The van der Waals surface area contributed by atoms with Crippen LogP contribution in [0.25, 0.3) is 27.8 Å². The molecule has 1 fully saturated rings. The van der Waals surface area contributed by atoms with Gasteiger partial charge in [-0.3, -0.25) is 4.57 Å². The van der Waals surface area contributed by atoms with Gasteiger partial charge in [0.15, 0.2) is 5.65 Å². The van der Waals surface area contributed by atoms with Crippen molar-refractivity contribution in [1.29, 1.82) is 0 Å². The zero-order chi connectivity index (χ0) is 23.3. The Hall–Kier alpha value is -2.93. The van der Waals surface area contributed by atoms with E-state index in [1.165, 1.54) is 0 Å². The lowest BCUT2D eigenvalue weighted by molar-refractivity contribution is 0.265. The Morgan fingerprint density at radius 3 is 2.58 bits per heavy atom. The normalized spacial score (nSPS) is 19.5. The van der Waals surface area contributed by atoms with Gasteiger partial charge >= 0.3 is 5.69 Å². The first kappa shape index (κ1) is 21.9. The summed E-state index contributed by atoms with van der Waals surface area (Å²) in [7, 11) is 0. The molecule has 3 aromatic heterocycles. The molecule has 4 aromatic rings. The van der Waals surface area contributed by atoms with Crippen LogP contribution < -0.4 is 11.0 Å². The number of imidazole rings is 1. The molecule has 174 valence electrons. The van der Waals surface area contributed by atoms with Crippen LogP contribution in [0.4, 0.5) is 0 Å². The number of benzene rings is 1. The largest absolute Gasteiger partial charge is 0.326 e. The number of pyridine rings is 1. The molecule has 33 heavy (non-hydrogen) atoms. The van der Waals surface area contributed by atoms with Crippen molar-refractivity contribution in [2.75, 3.05) is 6.54 Å². The predicted molar refractivity (Wildman–Crippen MR) is 133 cm³/mol. The van der Waals surface area contributed by atoms with Gasteiger partial charge in [0.05, 0.1) is 11.0 Å². The molecule has 0 spiro atoms. The third-order valence-corrected chi connectivity index (χ3v) is 6.92. The van der Waals surface area contributed by atoms with E-state index in [1.807, 2.05) is 22.2 Å². The van der Waals surface area contributed by atoms with E-state index in [1.54, 1.807) is 6.33 Å². The topological polar surface area (TPSA) is 80.0 Å². The zero-order valence-electron chi connectivity index (χ0n) is 20.3. The lowest BCUT2D eigenvalue weighted by atomic mass is 9.89. The molecule has 0 atom stereocenters. The van der Waals surface area contributed by atoms with Crippen LogP contribution in [-0.2, 0) is 0 Å².